The van der Waals surface area contributed by atoms with E-state index < -0.39 is 12.6 Å². The van der Waals surface area contributed by atoms with Crippen LogP contribution in [0.3, 0.4) is 0 Å². The van der Waals surface area contributed by atoms with Gasteiger partial charge < -0.3 is 15.0 Å². The normalized spacial score (nSPS) is 16.6. The molecule has 0 saturated heterocycles. The highest BCUT2D eigenvalue weighted by molar-refractivity contribution is 8.02. The molecule has 0 amide bonds. The average molecular weight is 485 g/mol. The van der Waals surface area contributed by atoms with E-state index in [0.29, 0.717) is 28.2 Å². The number of aliphatic imine (C=N–C) groups is 1. The molecule has 1 aromatic heterocycles. The zero-order valence-corrected chi connectivity index (χ0v) is 19.5. The van der Waals surface area contributed by atoms with Crippen LogP contribution in [-0.2, 0) is 0 Å². The lowest BCUT2D eigenvalue weighted by atomic mass is 10.1. The molecule has 0 unspecified atom stereocenters. The monoisotopic (exact) mass is 484 g/mol. The van der Waals surface area contributed by atoms with E-state index in [1.165, 1.54) is 25.8 Å². The van der Waals surface area contributed by atoms with E-state index in [0.717, 1.165) is 5.69 Å². The van der Waals surface area contributed by atoms with E-state index in [-0.39, 0.29) is 11.3 Å². The van der Waals surface area contributed by atoms with Crippen LogP contribution in [0.4, 0.5) is 18.9 Å². The number of alkyl halides is 3. The summed E-state index contributed by atoms with van der Waals surface area (Å²) in [5.74, 6) is 0.934. The number of ether oxygens (including phenoxy) is 1. The van der Waals surface area contributed by atoms with Crippen molar-refractivity contribution in [2.24, 2.45) is 4.99 Å². The van der Waals surface area contributed by atoms with E-state index in [9.17, 15) is 13.2 Å². The standard InChI is InChI=1S/C22H24ClF3N4OS/c1-5-19-17(23)7-6-10-30(19)21(15(2)11-22(24,25)26)18(27-3)13-32-14-29-16-8-9-20(31-4)28-12-16/h5-10,12-13,29H,3,11,14H2,1-2,4H3/b18-13-,19-5+,21-15+. The van der Waals surface area contributed by atoms with Crippen LogP contribution in [0, 0.1) is 0 Å². The fourth-order valence-electron chi connectivity index (χ4n) is 2.92. The van der Waals surface area contributed by atoms with E-state index in [2.05, 4.69) is 22.0 Å². The molecule has 10 heteroatoms. The van der Waals surface area contributed by atoms with Gasteiger partial charge in [-0.2, -0.15) is 13.2 Å². The Morgan fingerprint density at radius 2 is 2.16 bits per heavy atom. The molecule has 1 aromatic rings. The second kappa shape index (κ2) is 11.8. The molecule has 1 N–H and O–H groups in total. The molecule has 172 valence electrons. The van der Waals surface area contributed by atoms with Gasteiger partial charge >= 0.3 is 6.18 Å². The fraction of sp³-hybridized carbons (Fsp3) is 0.273. The lowest BCUT2D eigenvalue weighted by Crippen LogP contribution is -2.22. The van der Waals surface area contributed by atoms with Gasteiger partial charge in [0.2, 0.25) is 5.88 Å². The van der Waals surface area contributed by atoms with Crippen molar-refractivity contribution < 1.29 is 17.9 Å². The van der Waals surface area contributed by atoms with E-state index >= 15 is 0 Å². The van der Waals surface area contributed by atoms with Gasteiger partial charge in [-0.1, -0.05) is 17.7 Å². The third-order valence-corrected chi connectivity index (χ3v) is 5.30. The Morgan fingerprint density at radius 1 is 1.41 bits per heavy atom. The first kappa shape index (κ1) is 25.6. The van der Waals surface area contributed by atoms with Crippen LogP contribution in [0.15, 0.2) is 80.9 Å². The van der Waals surface area contributed by atoms with Gasteiger partial charge in [-0.15, -0.1) is 11.8 Å². The average Bonchev–Trinajstić information content (AvgIpc) is 2.75. The van der Waals surface area contributed by atoms with Crippen molar-refractivity contribution in [3.05, 3.63) is 75.9 Å². The van der Waals surface area contributed by atoms with Crippen molar-refractivity contribution in [1.82, 2.24) is 9.88 Å². The van der Waals surface area contributed by atoms with Crippen LogP contribution in [0.5, 0.6) is 5.88 Å². The maximum atomic E-state index is 13.2. The number of rotatable bonds is 9. The van der Waals surface area contributed by atoms with Crippen LogP contribution in [0.2, 0.25) is 0 Å². The SMILES string of the molecule is C=NC(=C\SCNc1ccc(OC)nc1)/C(=C(/C)CC(F)(F)F)N1C=CC=C(Cl)/C1=C\C. The van der Waals surface area contributed by atoms with Crippen LogP contribution in [-0.4, -0.2) is 35.8 Å². The molecule has 0 atom stereocenters. The number of hydrogen-bond donors (Lipinski definition) is 1. The molecule has 2 rings (SSSR count). The zero-order chi connectivity index (χ0) is 23.7. The number of nitrogens with one attached hydrogen (secondary N) is 1. The van der Waals surface area contributed by atoms with Gasteiger partial charge in [-0.25, -0.2) is 4.98 Å². The van der Waals surface area contributed by atoms with Gasteiger partial charge in [-0.3, -0.25) is 4.99 Å². The number of pyridine rings is 1. The number of thioether (sulfide) groups is 1. The topological polar surface area (TPSA) is 49.8 Å². The van der Waals surface area contributed by atoms with Gasteiger partial charge in [0.05, 0.1) is 53.4 Å². The Labute approximate surface area is 195 Å². The molecule has 0 fully saturated rings. The third kappa shape index (κ3) is 7.20. The van der Waals surface area contributed by atoms with E-state index in [4.69, 9.17) is 16.3 Å². The van der Waals surface area contributed by atoms with Crippen molar-refractivity contribution in [3.63, 3.8) is 0 Å². The summed E-state index contributed by atoms with van der Waals surface area (Å²) in [6.45, 7) is 6.77. The molecule has 0 bridgehead atoms. The second-order valence-electron chi connectivity index (χ2n) is 6.56. The molecule has 5 nitrogen and oxygen atoms in total. The molecule has 0 aliphatic carbocycles. The van der Waals surface area contributed by atoms with Crippen LogP contribution in [0.1, 0.15) is 20.3 Å². The fourth-order valence-corrected chi connectivity index (χ4v) is 3.87. The predicted molar refractivity (Wildman–Crippen MR) is 127 cm³/mol. The molecular formula is C22H24ClF3N4OS. The Bertz CT molecular complexity index is 966. The van der Waals surface area contributed by atoms with E-state index in [1.807, 2.05) is 6.07 Å². The number of allylic oxidation sites excluding steroid dienone is 5. The van der Waals surface area contributed by atoms with Crippen LogP contribution >= 0.6 is 23.4 Å². The Balaban J connectivity index is 2.29. The smallest absolute Gasteiger partial charge is 0.392 e. The second-order valence-corrected chi connectivity index (χ2v) is 7.82. The summed E-state index contributed by atoms with van der Waals surface area (Å²) < 4.78 is 44.6. The number of nitrogens with zero attached hydrogens (tertiary/aromatic N) is 3. The Kier molecular flexibility index (Phi) is 9.46. The predicted octanol–water partition coefficient (Wildman–Crippen LogP) is 6.82. The Morgan fingerprint density at radius 3 is 2.72 bits per heavy atom. The number of hydrogen-bond acceptors (Lipinski definition) is 6. The highest BCUT2D eigenvalue weighted by atomic mass is 35.5. The molecule has 1 aliphatic heterocycles. The van der Waals surface area contributed by atoms with Crippen molar-refractivity contribution in [1.29, 1.82) is 0 Å². The zero-order valence-electron chi connectivity index (χ0n) is 17.9. The van der Waals surface area contributed by atoms with Gasteiger partial charge in [0.15, 0.2) is 0 Å². The Hall–Kier alpha value is -2.65. The van der Waals surface area contributed by atoms with E-state index in [1.54, 1.807) is 53.9 Å². The van der Waals surface area contributed by atoms with Gasteiger partial charge in [0, 0.05) is 17.7 Å². The lowest BCUT2D eigenvalue weighted by Gasteiger charge is -2.30. The number of halogens is 4. The molecular weight excluding hydrogens is 461 g/mol. The minimum atomic E-state index is -4.37. The summed E-state index contributed by atoms with van der Waals surface area (Å²) in [6.07, 6.45) is 2.90. The molecule has 2 heterocycles. The summed E-state index contributed by atoms with van der Waals surface area (Å²) in [5, 5.41) is 5.24. The summed E-state index contributed by atoms with van der Waals surface area (Å²) in [5.41, 5.74) is 2.02. The highest BCUT2D eigenvalue weighted by Gasteiger charge is 2.31. The number of methoxy groups -OCH3 is 1. The number of aromatic nitrogens is 1. The summed E-state index contributed by atoms with van der Waals surface area (Å²) >= 11 is 7.61. The first-order chi connectivity index (χ1) is 15.2. The maximum absolute atomic E-state index is 13.2. The lowest BCUT2D eigenvalue weighted by molar-refractivity contribution is -0.127. The van der Waals surface area contributed by atoms with Crippen molar-refractivity contribution >= 4 is 35.8 Å². The van der Waals surface area contributed by atoms with Gasteiger partial charge in [0.25, 0.3) is 0 Å². The summed E-state index contributed by atoms with van der Waals surface area (Å²) in [7, 11) is 1.53. The molecule has 0 spiro atoms. The third-order valence-electron chi connectivity index (χ3n) is 4.28. The molecule has 1 aliphatic rings. The largest absolute Gasteiger partial charge is 0.481 e. The van der Waals surface area contributed by atoms with Crippen molar-refractivity contribution in [2.75, 3.05) is 18.3 Å². The number of anilines is 1. The molecule has 32 heavy (non-hydrogen) atoms. The highest BCUT2D eigenvalue weighted by Crippen LogP contribution is 2.36. The van der Waals surface area contributed by atoms with Crippen LogP contribution in [0.25, 0.3) is 0 Å². The molecule has 0 radical (unpaired) electrons. The van der Waals surface area contributed by atoms with Crippen molar-refractivity contribution in [2.45, 2.75) is 26.4 Å². The summed E-state index contributed by atoms with van der Waals surface area (Å²) in [4.78, 5) is 9.73. The minimum Gasteiger partial charge on any atom is -0.481 e. The maximum Gasteiger partial charge on any atom is 0.392 e. The summed E-state index contributed by atoms with van der Waals surface area (Å²) in [6, 6.07) is 3.53. The van der Waals surface area contributed by atoms with Gasteiger partial charge in [0.1, 0.15) is 0 Å². The first-order valence-electron chi connectivity index (χ1n) is 9.49. The quantitative estimate of drug-likeness (QED) is 0.180. The van der Waals surface area contributed by atoms with Crippen molar-refractivity contribution in [3.8, 4) is 5.88 Å². The first-order valence-corrected chi connectivity index (χ1v) is 10.9. The minimum absolute atomic E-state index is 0.0967. The molecule has 0 saturated carbocycles. The van der Waals surface area contributed by atoms with Gasteiger partial charge in [-0.05, 0) is 44.4 Å². The van der Waals surface area contributed by atoms with Crippen LogP contribution < -0.4 is 10.1 Å². The molecule has 0 aromatic carbocycles.